The van der Waals surface area contributed by atoms with E-state index in [1.165, 1.54) is 0 Å². The first kappa shape index (κ1) is 20.3. The van der Waals surface area contributed by atoms with Gasteiger partial charge in [-0.2, -0.15) is 0 Å². The number of hydrogen-bond donors (Lipinski definition) is 0. The van der Waals surface area contributed by atoms with Crippen LogP contribution in [0.2, 0.25) is 0 Å². The molecule has 19 heavy (non-hydrogen) atoms. The Labute approximate surface area is 119 Å². The van der Waals surface area contributed by atoms with Gasteiger partial charge in [-0.1, -0.05) is 27.7 Å². The van der Waals surface area contributed by atoms with E-state index >= 15 is 0 Å². The topological polar surface area (TPSA) is 40.6 Å². The first-order valence-corrected chi connectivity index (χ1v) is 6.96. The maximum Gasteiger partial charge on any atom is 0.227 e. The minimum atomic E-state index is -0.191. The summed E-state index contributed by atoms with van der Waals surface area (Å²) in [6.45, 7) is 11.7. The van der Waals surface area contributed by atoms with Crippen molar-refractivity contribution in [3.63, 3.8) is 0 Å². The molecule has 0 saturated carbocycles. The number of carbonyl (C=O) groups excluding carboxylic acids is 2. The van der Waals surface area contributed by atoms with Crippen LogP contribution in [-0.2, 0) is 9.59 Å². The molecule has 0 heterocycles. The highest BCUT2D eigenvalue weighted by Crippen LogP contribution is 2.21. The molecule has 0 aromatic carbocycles. The number of nitrogens with zero attached hydrogens (tertiary/aromatic N) is 2. The number of hydrogen-bond acceptors (Lipinski definition) is 2. The zero-order chi connectivity index (χ0) is 15.8. The minimum Gasteiger partial charge on any atom is -0.348 e. The molecule has 0 fully saturated rings. The molecule has 4 heteroatoms. The highest BCUT2D eigenvalue weighted by Gasteiger charge is 2.26. The maximum atomic E-state index is 11.3. The summed E-state index contributed by atoms with van der Waals surface area (Å²) in [5.74, 6) is 0.347. The van der Waals surface area contributed by atoms with E-state index in [-0.39, 0.29) is 17.2 Å². The van der Waals surface area contributed by atoms with Crippen LogP contribution in [0.4, 0.5) is 0 Å². The standard InChI is InChI=1S/C8H17NO.C7H15NO/c1-6-8(2,3)7(10)9(4)5;1-5-6(2)8(4)7(3)9/h6H2,1-5H3;6H,5H2,1-4H3. The fourth-order valence-corrected chi connectivity index (χ4v) is 1.34. The molecule has 0 aliphatic rings. The van der Waals surface area contributed by atoms with E-state index in [0.29, 0.717) is 6.04 Å². The molecule has 2 amide bonds. The maximum absolute atomic E-state index is 11.3. The number of rotatable bonds is 4. The first-order valence-electron chi connectivity index (χ1n) is 6.96. The molecule has 4 nitrogen and oxygen atoms in total. The molecular formula is C15H32N2O2. The van der Waals surface area contributed by atoms with E-state index in [4.69, 9.17) is 0 Å². The quantitative estimate of drug-likeness (QED) is 0.789. The van der Waals surface area contributed by atoms with Crippen LogP contribution in [-0.4, -0.2) is 48.8 Å². The van der Waals surface area contributed by atoms with Crippen molar-refractivity contribution < 1.29 is 9.59 Å². The third-order valence-electron chi connectivity index (χ3n) is 3.62. The lowest BCUT2D eigenvalue weighted by Crippen LogP contribution is -2.35. The third kappa shape index (κ3) is 7.85. The van der Waals surface area contributed by atoms with Gasteiger partial charge in [0.25, 0.3) is 0 Å². The van der Waals surface area contributed by atoms with Crippen molar-refractivity contribution in [3.05, 3.63) is 0 Å². The normalized spacial score (nSPS) is 12.1. The van der Waals surface area contributed by atoms with E-state index < -0.39 is 0 Å². The largest absolute Gasteiger partial charge is 0.348 e. The summed E-state index contributed by atoms with van der Waals surface area (Å²) >= 11 is 0. The molecule has 0 spiro atoms. The summed E-state index contributed by atoms with van der Waals surface area (Å²) < 4.78 is 0. The van der Waals surface area contributed by atoms with Crippen molar-refractivity contribution in [3.8, 4) is 0 Å². The molecule has 0 saturated heterocycles. The Hall–Kier alpha value is -1.06. The van der Waals surface area contributed by atoms with Crippen LogP contribution in [0.25, 0.3) is 0 Å². The van der Waals surface area contributed by atoms with Crippen LogP contribution in [0.3, 0.4) is 0 Å². The molecule has 1 atom stereocenters. The van der Waals surface area contributed by atoms with Crippen LogP contribution in [0.15, 0.2) is 0 Å². The Morgan fingerprint density at radius 3 is 1.63 bits per heavy atom. The molecule has 0 rings (SSSR count). The fourth-order valence-electron chi connectivity index (χ4n) is 1.34. The van der Waals surface area contributed by atoms with E-state index in [1.807, 2.05) is 34.7 Å². The minimum absolute atomic E-state index is 0.143. The molecule has 0 aromatic rings. The van der Waals surface area contributed by atoms with Crippen molar-refractivity contribution >= 4 is 11.8 Å². The fraction of sp³-hybridized carbons (Fsp3) is 0.867. The number of amides is 2. The summed E-state index contributed by atoms with van der Waals surface area (Å²) in [6, 6.07) is 0.377. The average Bonchev–Trinajstić information content (AvgIpc) is 2.36. The summed E-state index contributed by atoms with van der Waals surface area (Å²) in [6.07, 6.45) is 1.92. The van der Waals surface area contributed by atoms with Crippen LogP contribution in [0, 0.1) is 5.41 Å². The van der Waals surface area contributed by atoms with Gasteiger partial charge in [0.2, 0.25) is 11.8 Å². The molecule has 0 aliphatic heterocycles. The number of carbonyl (C=O) groups is 2. The van der Waals surface area contributed by atoms with Crippen LogP contribution in [0.1, 0.15) is 54.4 Å². The molecule has 1 unspecified atom stereocenters. The highest BCUT2D eigenvalue weighted by molar-refractivity contribution is 5.81. The van der Waals surface area contributed by atoms with Gasteiger partial charge in [-0.3, -0.25) is 9.59 Å². The third-order valence-corrected chi connectivity index (χ3v) is 3.62. The highest BCUT2D eigenvalue weighted by atomic mass is 16.2. The van der Waals surface area contributed by atoms with Crippen LogP contribution < -0.4 is 0 Å². The summed E-state index contributed by atoms with van der Waals surface area (Å²) in [5.41, 5.74) is -0.191. The first-order chi connectivity index (χ1) is 8.51. The lowest BCUT2D eigenvalue weighted by atomic mass is 9.89. The van der Waals surface area contributed by atoms with Crippen molar-refractivity contribution in [2.24, 2.45) is 5.41 Å². The Bertz CT molecular complexity index is 286. The average molecular weight is 272 g/mol. The zero-order valence-electron chi connectivity index (χ0n) is 14.2. The predicted octanol–water partition coefficient (Wildman–Crippen LogP) is 2.77. The zero-order valence-corrected chi connectivity index (χ0v) is 14.2. The van der Waals surface area contributed by atoms with E-state index in [1.54, 1.807) is 30.8 Å². The second kappa shape index (κ2) is 8.94. The van der Waals surface area contributed by atoms with E-state index in [9.17, 15) is 9.59 Å². The molecule has 0 radical (unpaired) electrons. The lowest BCUT2D eigenvalue weighted by molar-refractivity contribution is -0.137. The summed E-state index contributed by atoms with van der Waals surface area (Å²) in [4.78, 5) is 25.4. The van der Waals surface area contributed by atoms with Crippen LogP contribution >= 0.6 is 0 Å². The molecule has 0 N–H and O–H groups in total. The van der Waals surface area contributed by atoms with Gasteiger partial charge in [-0.05, 0) is 19.8 Å². The van der Waals surface area contributed by atoms with Crippen molar-refractivity contribution in [1.29, 1.82) is 0 Å². The second-order valence-electron chi connectivity index (χ2n) is 5.82. The van der Waals surface area contributed by atoms with E-state index in [2.05, 4.69) is 6.92 Å². The van der Waals surface area contributed by atoms with Gasteiger partial charge < -0.3 is 9.80 Å². The molecular weight excluding hydrogens is 240 g/mol. The monoisotopic (exact) mass is 272 g/mol. The van der Waals surface area contributed by atoms with Gasteiger partial charge in [-0.15, -0.1) is 0 Å². The summed E-state index contributed by atoms with van der Waals surface area (Å²) in [7, 11) is 5.41. The molecule has 0 bridgehead atoms. The van der Waals surface area contributed by atoms with Crippen LogP contribution in [0.5, 0.6) is 0 Å². The van der Waals surface area contributed by atoms with E-state index in [0.717, 1.165) is 12.8 Å². The SMILES string of the molecule is CCC(C)(C)C(=O)N(C)C.CCC(C)N(C)C(C)=O. The molecule has 0 aliphatic carbocycles. The Morgan fingerprint density at radius 2 is 1.53 bits per heavy atom. The lowest BCUT2D eigenvalue weighted by Gasteiger charge is -2.25. The molecule has 0 aromatic heterocycles. The smallest absolute Gasteiger partial charge is 0.227 e. The Kier molecular flexibility index (Phi) is 9.54. The Balaban J connectivity index is 0. The second-order valence-corrected chi connectivity index (χ2v) is 5.82. The van der Waals surface area contributed by atoms with Gasteiger partial charge in [0.1, 0.15) is 0 Å². The van der Waals surface area contributed by atoms with Crippen molar-refractivity contribution in [1.82, 2.24) is 9.80 Å². The van der Waals surface area contributed by atoms with Gasteiger partial charge in [0.15, 0.2) is 0 Å². The van der Waals surface area contributed by atoms with Crippen molar-refractivity contribution in [2.75, 3.05) is 21.1 Å². The van der Waals surface area contributed by atoms with Gasteiger partial charge >= 0.3 is 0 Å². The van der Waals surface area contributed by atoms with Gasteiger partial charge in [0, 0.05) is 39.5 Å². The van der Waals surface area contributed by atoms with Crippen molar-refractivity contribution in [2.45, 2.75) is 60.4 Å². The molecule has 114 valence electrons. The predicted molar refractivity (Wildman–Crippen MR) is 81.0 cm³/mol. The Morgan fingerprint density at radius 1 is 1.11 bits per heavy atom. The summed E-state index contributed by atoms with van der Waals surface area (Å²) in [5, 5.41) is 0. The van der Waals surface area contributed by atoms with Gasteiger partial charge in [0.05, 0.1) is 0 Å². The van der Waals surface area contributed by atoms with Gasteiger partial charge in [-0.25, -0.2) is 0 Å².